The molecule has 0 fully saturated rings. The highest BCUT2D eigenvalue weighted by Crippen LogP contribution is 2.28. The van der Waals surface area contributed by atoms with Gasteiger partial charge in [-0.3, -0.25) is 0 Å². The molecule has 1 atom stereocenters. The Morgan fingerprint density at radius 2 is 2.16 bits per heavy atom. The molecule has 2 N–H and O–H groups in total. The lowest BCUT2D eigenvalue weighted by atomic mass is 10.0. The highest BCUT2D eigenvalue weighted by atomic mass is 16.5. The van der Waals surface area contributed by atoms with E-state index in [0.29, 0.717) is 13.2 Å². The third-order valence-electron chi connectivity index (χ3n) is 2.79. The second-order valence-corrected chi connectivity index (χ2v) is 4.00. The lowest BCUT2D eigenvalue weighted by Gasteiger charge is -2.18. The van der Waals surface area contributed by atoms with Gasteiger partial charge in [0.05, 0.1) is 18.8 Å². The molecule has 6 nitrogen and oxygen atoms in total. The minimum absolute atomic E-state index is 0.0579. The number of aromatic nitrogens is 3. The number of hydrogen-bond donors (Lipinski definition) is 2. The Labute approximate surface area is 112 Å². The first-order chi connectivity index (χ1) is 9.36. The number of hydrogen-bond acceptors (Lipinski definition) is 5. The molecule has 0 aliphatic heterocycles. The minimum atomic E-state index is -0.0579. The summed E-state index contributed by atoms with van der Waals surface area (Å²) in [5.41, 5.74) is 1.85. The summed E-state index contributed by atoms with van der Waals surface area (Å²) in [5, 5.41) is 13.8. The van der Waals surface area contributed by atoms with Gasteiger partial charge in [-0.2, -0.15) is 15.4 Å². The zero-order valence-electron chi connectivity index (χ0n) is 11.1. The molecule has 1 aromatic heterocycles. The van der Waals surface area contributed by atoms with Gasteiger partial charge in [0, 0.05) is 12.7 Å². The van der Waals surface area contributed by atoms with Gasteiger partial charge >= 0.3 is 0 Å². The molecule has 0 amide bonds. The van der Waals surface area contributed by atoms with E-state index >= 15 is 0 Å². The van der Waals surface area contributed by atoms with Crippen molar-refractivity contribution in [2.75, 3.05) is 27.4 Å². The third kappa shape index (κ3) is 3.30. The van der Waals surface area contributed by atoms with E-state index in [2.05, 4.69) is 20.7 Å². The van der Waals surface area contributed by atoms with Crippen molar-refractivity contribution in [3.63, 3.8) is 0 Å². The molecule has 0 aliphatic carbocycles. The van der Waals surface area contributed by atoms with Crippen molar-refractivity contribution >= 4 is 0 Å². The molecule has 2 rings (SSSR count). The van der Waals surface area contributed by atoms with Crippen molar-refractivity contribution in [2.45, 2.75) is 6.04 Å². The molecule has 2 aromatic rings. The number of nitrogens with zero attached hydrogens (tertiary/aromatic N) is 2. The maximum absolute atomic E-state index is 5.74. The number of nitrogens with one attached hydrogen (secondary N) is 2. The molecule has 0 aliphatic rings. The Balaban J connectivity index is 2.22. The van der Waals surface area contributed by atoms with E-state index in [9.17, 15) is 0 Å². The number of ether oxygens (including phenoxy) is 2. The van der Waals surface area contributed by atoms with Crippen LogP contribution in [0.15, 0.2) is 30.5 Å². The van der Waals surface area contributed by atoms with Crippen molar-refractivity contribution in [2.24, 2.45) is 0 Å². The average molecular weight is 262 g/mol. The minimum Gasteiger partial charge on any atom is -0.491 e. The molecule has 1 unspecified atom stereocenters. The van der Waals surface area contributed by atoms with Crippen LogP contribution in [0.4, 0.5) is 0 Å². The smallest absolute Gasteiger partial charge is 0.124 e. The highest BCUT2D eigenvalue weighted by Gasteiger charge is 2.18. The Morgan fingerprint density at radius 3 is 2.84 bits per heavy atom. The Morgan fingerprint density at radius 1 is 1.32 bits per heavy atom. The molecular weight excluding hydrogens is 244 g/mol. The Bertz CT molecular complexity index is 487. The van der Waals surface area contributed by atoms with E-state index in [4.69, 9.17) is 9.47 Å². The summed E-state index contributed by atoms with van der Waals surface area (Å²) in [6.45, 7) is 1.07. The molecule has 1 aromatic carbocycles. The summed E-state index contributed by atoms with van der Waals surface area (Å²) in [6, 6.07) is 7.81. The second-order valence-electron chi connectivity index (χ2n) is 4.00. The number of rotatable bonds is 7. The van der Waals surface area contributed by atoms with E-state index in [0.717, 1.165) is 17.0 Å². The predicted molar refractivity (Wildman–Crippen MR) is 71.1 cm³/mol. The number of benzene rings is 1. The normalized spacial score (nSPS) is 12.3. The fourth-order valence-electron chi connectivity index (χ4n) is 1.90. The van der Waals surface area contributed by atoms with Crippen molar-refractivity contribution in [3.8, 4) is 5.75 Å². The van der Waals surface area contributed by atoms with Gasteiger partial charge in [0.1, 0.15) is 18.1 Å². The van der Waals surface area contributed by atoms with Crippen LogP contribution in [-0.2, 0) is 4.74 Å². The summed E-state index contributed by atoms with van der Waals surface area (Å²) >= 11 is 0. The van der Waals surface area contributed by atoms with Gasteiger partial charge in [-0.25, -0.2) is 0 Å². The topological polar surface area (TPSA) is 72.1 Å². The van der Waals surface area contributed by atoms with Crippen LogP contribution < -0.4 is 10.1 Å². The molecule has 19 heavy (non-hydrogen) atoms. The summed E-state index contributed by atoms with van der Waals surface area (Å²) in [7, 11) is 3.53. The summed E-state index contributed by atoms with van der Waals surface area (Å²) in [4.78, 5) is 0. The van der Waals surface area contributed by atoms with Crippen LogP contribution in [0.3, 0.4) is 0 Å². The van der Waals surface area contributed by atoms with Gasteiger partial charge in [-0.05, 0) is 13.1 Å². The van der Waals surface area contributed by atoms with Crippen LogP contribution in [0, 0.1) is 0 Å². The third-order valence-corrected chi connectivity index (χ3v) is 2.79. The van der Waals surface area contributed by atoms with Gasteiger partial charge in [-0.1, -0.05) is 18.2 Å². The first kappa shape index (κ1) is 13.5. The highest BCUT2D eigenvalue weighted by molar-refractivity contribution is 5.39. The average Bonchev–Trinajstić information content (AvgIpc) is 2.96. The summed E-state index contributed by atoms with van der Waals surface area (Å²) in [5.74, 6) is 0.821. The zero-order valence-corrected chi connectivity index (χ0v) is 11.1. The Kier molecular flexibility index (Phi) is 4.88. The first-order valence-electron chi connectivity index (χ1n) is 6.10. The molecule has 1 heterocycles. The van der Waals surface area contributed by atoms with Crippen molar-refractivity contribution in [1.29, 1.82) is 0 Å². The molecule has 0 bridgehead atoms. The van der Waals surface area contributed by atoms with Crippen LogP contribution in [-0.4, -0.2) is 42.8 Å². The van der Waals surface area contributed by atoms with Crippen LogP contribution in [0.2, 0.25) is 0 Å². The van der Waals surface area contributed by atoms with E-state index < -0.39 is 0 Å². The monoisotopic (exact) mass is 262 g/mol. The van der Waals surface area contributed by atoms with E-state index in [1.54, 1.807) is 13.3 Å². The van der Waals surface area contributed by atoms with Crippen molar-refractivity contribution in [3.05, 3.63) is 41.7 Å². The second kappa shape index (κ2) is 6.86. The van der Waals surface area contributed by atoms with Crippen LogP contribution in [0.1, 0.15) is 17.3 Å². The van der Waals surface area contributed by atoms with Crippen molar-refractivity contribution < 1.29 is 9.47 Å². The van der Waals surface area contributed by atoms with Gasteiger partial charge < -0.3 is 14.8 Å². The van der Waals surface area contributed by atoms with Crippen LogP contribution in [0.25, 0.3) is 0 Å². The SMILES string of the molecule is CNC(c1cn[nH]n1)c1ccccc1OCCOC. The summed E-state index contributed by atoms with van der Waals surface area (Å²) in [6.07, 6.45) is 1.70. The van der Waals surface area contributed by atoms with Crippen LogP contribution >= 0.6 is 0 Å². The van der Waals surface area contributed by atoms with Gasteiger partial charge in [0.25, 0.3) is 0 Å². The predicted octanol–water partition coefficient (Wildman–Crippen LogP) is 1.14. The largest absolute Gasteiger partial charge is 0.491 e. The number of methoxy groups -OCH3 is 1. The Hall–Kier alpha value is -1.92. The fraction of sp³-hybridized carbons (Fsp3) is 0.385. The van der Waals surface area contributed by atoms with Crippen molar-refractivity contribution in [1.82, 2.24) is 20.7 Å². The standard InChI is InChI=1S/C13H18N4O2/c1-14-13(11-9-15-17-16-11)10-5-3-4-6-12(10)19-8-7-18-2/h3-6,9,13-14H,7-8H2,1-2H3,(H,15,16,17). The molecule has 0 spiro atoms. The lowest BCUT2D eigenvalue weighted by molar-refractivity contribution is 0.145. The van der Waals surface area contributed by atoms with Gasteiger partial charge in [-0.15, -0.1) is 0 Å². The van der Waals surface area contributed by atoms with E-state index in [1.807, 2.05) is 31.3 Å². The molecule has 102 valence electrons. The zero-order chi connectivity index (χ0) is 13.5. The van der Waals surface area contributed by atoms with Crippen LogP contribution in [0.5, 0.6) is 5.75 Å². The maximum Gasteiger partial charge on any atom is 0.124 e. The first-order valence-corrected chi connectivity index (χ1v) is 6.10. The molecule has 0 saturated carbocycles. The molecular formula is C13H18N4O2. The lowest BCUT2D eigenvalue weighted by Crippen LogP contribution is -2.19. The molecule has 0 radical (unpaired) electrons. The number of aromatic amines is 1. The number of para-hydroxylation sites is 1. The van der Waals surface area contributed by atoms with E-state index in [-0.39, 0.29) is 6.04 Å². The summed E-state index contributed by atoms with van der Waals surface area (Å²) < 4.78 is 10.7. The number of H-pyrrole nitrogens is 1. The van der Waals surface area contributed by atoms with Gasteiger partial charge in [0.2, 0.25) is 0 Å². The quantitative estimate of drug-likeness (QED) is 0.732. The maximum atomic E-state index is 5.74. The van der Waals surface area contributed by atoms with E-state index in [1.165, 1.54) is 0 Å². The molecule has 0 saturated heterocycles. The fourth-order valence-corrected chi connectivity index (χ4v) is 1.90. The molecule has 6 heteroatoms. The van der Waals surface area contributed by atoms with Gasteiger partial charge in [0.15, 0.2) is 0 Å².